The number of guanidine groups is 1. The average Bonchev–Trinajstić information content (AvgIpc) is 0.835. The number of benzene rings is 5. The molecule has 5 aliphatic heterocycles. The van der Waals surface area contributed by atoms with Crippen molar-refractivity contribution in [1.29, 1.82) is 0 Å². The number of rotatable bonds is 10. The van der Waals surface area contributed by atoms with E-state index in [-0.39, 0.29) is 17.3 Å². The van der Waals surface area contributed by atoms with E-state index in [1.54, 1.807) is 92.1 Å². The van der Waals surface area contributed by atoms with E-state index in [9.17, 15) is 9.59 Å². The van der Waals surface area contributed by atoms with Crippen molar-refractivity contribution in [2.75, 3.05) is 66.0 Å². The number of para-hydroxylation sites is 6. The van der Waals surface area contributed by atoms with Crippen molar-refractivity contribution in [3.63, 3.8) is 0 Å². The first-order valence-electron chi connectivity index (χ1n) is 33.7. The summed E-state index contributed by atoms with van der Waals surface area (Å²) >= 11 is 16.9. The minimum Gasteiger partial charge on any atom is -0.490 e. The molecule has 0 fully saturated rings. The molecule has 31 nitrogen and oxygen atoms in total. The van der Waals surface area contributed by atoms with Gasteiger partial charge in [0.05, 0.1) is 36.5 Å². The highest BCUT2D eigenvalue weighted by atomic mass is 32.2. The van der Waals surface area contributed by atoms with Crippen LogP contribution in [0.3, 0.4) is 0 Å². The zero-order chi connectivity index (χ0) is 76.9. The van der Waals surface area contributed by atoms with Gasteiger partial charge in [-0.3, -0.25) is 14.1 Å². The maximum absolute atomic E-state index is 11.6. The van der Waals surface area contributed by atoms with Gasteiger partial charge in [0.25, 0.3) is 5.88 Å². The Balaban J connectivity index is 0.000000200. The Kier molecular flexibility index (Phi) is 32.4. The summed E-state index contributed by atoms with van der Waals surface area (Å²) in [5.74, 6) is 9.13. The number of hydrogen-bond acceptors (Lipinski definition) is 28. The number of nitrogens with zero attached hydrogens (tertiary/aromatic N) is 13. The van der Waals surface area contributed by atoms with Crippen LogP contribution < -0.4 is 94.1 Å². The molecular weight excluding hydrogens is 1420 g/mol. The third kappa shape index (κ3) is 21.7. The van der Waals surface area contributed by atoms with Crippen LogP contribution in [0.4, 0.5) is 57.5 Å². The number of fused-ring (bicyclic) bond motifs is 10. The second-order valence-corrected chi connectivity index (χ2v) is 22.5. The van der Waals surface area contributed by atoms with E-state index in [0.29, 0.717) is 146 Å². The van der Waals surface area contributed by atoms with Gasteiger partial charge in [0.1, 0.15) is 54.1 Å². The van der Waals surface area contributed by atoms with E-state index < -0.39 is 0 Å². The summed E-state index contributed by atoms with van der Waals surface area (Å²) in [7, 11) is 8.60. The van der Waals surface area contributed by atoms with Gasteiger partial charge in [0.2, 0.25) is 14.3 Å². The molecule has 5 aromatic heterocycles. The maximum Gasteiger partial charge on any atom is 0.349 e. The number of ether oxygens (including phenoxy) is 7. The number of nitrogens with two attached hydrogens (primary N) is 4. The summed E-state index contributed by atoms with van der Waals surface area (Å²) < 4.78 is 48.7. The second-order valence-electron chi connectivity index (χ2n) is 20.3. The predicted molar refractivity (Wildman–Crippen MR) is 422 cm³/mol. The molecule has 13 N–H and O–H groups in total. The Morgan fingerprint density at radius 3 is 1.33 bits per heavy atom. The third-order valence-electron chi connectivity index (χ3n) is 13.5. The van der Waals surface area contributed by atoms with Gasteiger partial charge >= 0.3 is 11.4 Å². The van der Waals surface area contributed by atoms with Gasteiger partial charge in [-0.25, -0.2) is 19.0 Å². The number of aliphatic imine (C=N–C) groups is 1. The third-order valence-corrected chi connectivity index (χ3v) is 15.6. The molecule has 0 amide bonds. The van der Waals surface area contributed by atoms with Crippen LogP contribution in [0.1, 0.15) is 69.2 Å². The van der Waals surface area contributed by atoms with Crippen LogP contribution in [-0.2, 0) is 35.2 Å². The van der Waals surface area contributed by atoms with E-state index in [2.05, 4.69) is 72.8 Å². The Labute approximate surface area is 628 Å². The zero-order valence-electron chi connectivity index (χ0n) is 61.2. The number of anilines is 10. The average molecular weight is 1510 g/mol. The number of hydrogen-bond donors (Lipinski definition) is 9. The van der Waals surface area contributed by atoms with Crippen LogP contribution in [0.25, 0.3) is 0 Å². The van der Waals surface area contributed by atoms with Crippen molar-refractivity contribution >= 4 is 112 Å². The Hall–Kier alpha value is -11.2. The highest BCUT2D eigenvalue weighted by Gasteiger charge is 2.26. The van der Waals surface area contributed by atoms with Crippen LogP contribution in [0, 0.1) is 14.3 Å². The molecule has 0 aliphatic carbocycles. The highest BCUT2D eigenvalue weighted by molar-refractivity contribution is 7.99. The summed E-state index contributed by atoms with van der Waals surface area (Å²) in [6.07, 6.45) is 4.97. The van der Waals surface area contributed by atoms with E-state index in [1.165, 1.54) is 13.8 Å². The van der Waals surface area contributed by atoms with E-state index in [4.69, 9.17) is 92.7 Å². The molecule has 0 spiro atoms. The molecule has 35 heteroatoms. The fraction of sp³-hybridized carbons (Fsp3) is 0.300. The lowest BCUT2D eigenvalue weighted by atomic mass is 10.2. The minimum atomic E-state index is -0.380. The van der Waals surface area contributed by atoms with Crippen LogP contribution in [-0.4, -0.2) is 104 Å². The Morgan fingerprint density at radius 1 is 0.448 bits per heavy atom. The largest absolute Gasteiger partial charge is 0.490 e. The molecule has 105 heavy (non-hydrogen) atoms. The second kappa shape index (κ2) is 41.2. The molecule has 0 radical (unpaired) electrons. The van der Waals surface area contributed by atoms with Gasteiger partial charge in [0, 0.05) is 53.2 Å². The fourth-order valence-electron chi connectivity index (χ4n) is 8.92. The summed E-state index contributed by atoms with van der Waals surface area (Å²) in [6, 6.07) is 32.1. The van der Waals surface area contributed by atoms with Crippen LogP contribution >= 0.6 is 48.4 Å². The number of aromatic nitrogens is 12. The van der Waals surface area contributed by atoms with Gasteiger partial charge in [-0.05, 0) is 97.3 Å². The summed E-state index contributed by atoms with van der Waals surface area (Å²) in [4.78, 5) is 48.9. The first kappa shape index (κ1) is 82.7. The van der Waals surface area contributed by atoms with Crippen molar-refractivity contribution in [3.05, 3.63) is 157 Å². The van der Waals surface area contributed by atoms with Crippen molar-refractivity contribution in [3.8, 4) is 63.4 Å². The fourth-order valence-corrected chi connectivity index (χ4v) is 10.3. The molecule has 10 aromatic rings. The van der Waals surface area contributed by atoms with E-state index >= 15 is 0 Å². The molecule has 0 bridgehead atoms. The monoisotopic (exact) mass is 1510 g/mol. The van der Waals surface area contributed by atoms with Crippen LogP contribution in [0.5, 0.6) is 63.4 Å². The molecule has 5 aliphatic rings. The first-order valence-corrected chi connectivity index (χ1v) is 35.7. The van der Waals surface area contributed by atoms with Gasteiger partial charge in [0.15, 0.2) is 80.3 Å². The normalized spacial score (nSPS) is 11.1. The molecule has 15 rings (SSSR count). The summed E-state index contributed by atoms with van der Waals surface area (Å²) in [5.41, 5.74) is 24.6. The first-order chi connectivity index (χ1) is 50.9. The lowest BCUT2D eigenvalue weighted by Crippen LogP contribution is -2.24. The predicted octanol–water partition coefficient (Wildman–Crippen LogP) is 13.9. The van der Waals surface area contributed by atoms with Gasteiger partial charge in [-0.1, -0.05) is 123 Å². The Morgan fingerprint density at radius 2 is 0.848 bits per heavy atom. The van der Waals surface area contributed by atoms with Crippen molar-refractivity contribution in [2.45, 2.75) is 79.2 Å². The van der Waals surface area contributed by atoms with Gasteiger partial charge in [-0.15, -0.1) is 5.10 Å². The topological polar surface area (TPSA) is 390 Å². The molecule has 5 aromatic carbocycles. The van der Waals surface area contributed by atoms with Crippen LogP contribution in [0.2, 0.25) is 0 Å². The minimum absolute atomic E-state index is 0.0131. The molecule has 0 unspecified atom stereocenters. The van der Waals surface area contributed by atoms with Crippen LogP contribution in [0.15, 0.2) is 146 Å². The highest BCUT2D eigenvalue weighted by Crippen LogP contribution is 2.48. The zero-order valence-corrected chi connectivity index (χ0v) is 64.5. The molecule has 558 valence electrons. The van der Waals surface area contributed by atoms with E-state index in [1.807, 2.05) is 149 Å². The molecule has 10 heterocycles. The quantitative estimate of drug-likeness (QED) is 0.0266. The van der Waals surface area contributed by atoms with Crippen molar-refractivity contribution in [2.24, 2.45) is 63.2 Å². The molecule has 0 atom stereocenters. The standard InChI is InChI=1S/C14H16N6O3.C13H14N4O3.C13H14N4O2S.C10H8N4OS.C10H8N4S2.5C2H6/c1-20-7-10-12(19-14(20)21)18-11-8(3-2-4-9(11)23-10)22-6-5-17-13(15)16;1-17-7-10-12(16-13(17)18)15-11-8(19-6-5-14)3-2-4-9(11)20-10;1-17-7-10-12(16-13(17)20)15-11-8(18-6-5-14)3-2-4-9(11)19-10;1-14-10(16)12-8-9(13-14)15-7-5-3-2-4-6(7)11-8;1-14-10(15)12-8-9(13-14)16-7-5-3-2-4-6(7)11-8;5*1-2/h2-4,7H,5-6H2,1H3,(H4,15,16,17)(H,18,19,21);2-4,7H,5-6,14H2,1H3,(H,15,16,18);2-4,7H,5-6,14H2,1H3,(H,15,16,20);2-5H,1H3,(H,11,12,16);2-5H,1H3,(H,11,12,15);5*1-2H3. The molecule has 0 saturated heterocycles. The molecular formula is C70H90N22O9S4. The smallest absolute Gasteiger partial charge is 0.349 e. The van der Waals surface area contributed by atoms with Crippen molar-refractivity contribution < 1.29 is 33.2 Å². The summed E-state index contributed by atoms with van der Waals surface area (Å²) in [6.45, 7) is 22.3. The van der Waals surface area contributed by atoms with Crippen molar-refractivity contribution in [1.82, 2.24) is 58.2 Å². The number of nitrogens with one attached hydrogen (secondary N) is 5. The lowest BCUT2D eigenvalue weighted by Gasteiger charge is -2.23. The maximum atomic E-state index is 11.6. The molecule has 0 saturated carbocycles. The van der Waals surface area contributed by atoms with Gasteiger partial charge in [-0.2, -0.15) is 30.0 Å². The van der Waals surface area contributed by atoms with Gasteiger partial charge < -0.3 is 87.2 Å². The number of aryl methyl sites for hydroxylation is 5. The Bertz CT molecular complexity index is 4680. The van der Waals surface area contributed by atoms with E-state index in [0.717, 1.165) is 38.6 Å². The SMILES string of the molecule is CC.CC.CC.CC.CC.Cn1cc2c(nc1=O)Nc1c(OCCN)cccc1O2.Cn1cc2c(nc1=O)Nc1c(OCCN=C(N)N)cccc1O2.Cn1cc2c(nc1=S)Nc1c(OCCN)cccc1O2.Cn1nc2c(nc1=S)Nc1ccccc1O2.Cn1nc2c(nc1=S)Nc1ccccc1S2. The lowest BCUT2D eigenvalue weighted by molar-refractivity contribution is 0.327. The summed E-state index contributed by atoms with van der Waals surface area (Å²) in [5, 5.41) is 25.1.